The Bertz CT molecular complexity index is 375. The lowest BCUT2D eigenvalue weighted by molar-refractivity contribution is 0.143. The molecule has 1 rings (SSSR count). The second-order valence-electron chi connectivity index (χ2n) is 4.93. The molecule has 0 fully saturated rings. The first kappa shape index (κ1) is 16.3. The number of ether oxygens (including phenoxy) is 1. The van der Waals surface area contributed by atoms with Gasteiger partial charge in [-0.1, -0.05) is 38.8 Å². The highest BCUT2D eigenvalue weighted by atomic mass is 35.5. The van der Waals surface area contributed by atoms with Gasteiger partial charge in [-0.15, -0.1) is 0 Å². The number of hydrogen-bond donors (Lipinski definition) is 1. The van der Waals surface area contributed by atoms with Crippen molar-refractivity contribution in [2.24, 2.45) is 0 Å². The van der Waals surface area contributed by atoms with Gasteiger partial charge in [0.25, 0.3) is 0 Å². The maximum absolute atomic E-state index is 6.15. The van der Waals surface area contributed by atoms with Crippen molar-refractivity contribution >= 4 is 11.6 Å². The highest BCUT2D eigenvalue weighted by Gasteiger charge is 2.20. The van der Waals surface area contributed by atoms with Crippen LogP contribution in [0.2, 0.25) is 5.02 Å². The standard InChI is InChI=1S/C16H26ClNO/c1-5-8-15(18-7-3)16(6-2)19-13-9-10-14(17)12(4)11-13/h9-11,15-16,18H,5-8H2,1-4H3. The predicted molar refractivity (Wildman–Crippen MR) is 83.3 cm³/mol. The van der Waals surface area contributed by atoms with Gasteiger partial charge in [-0.25, -0.2) is 0 Å². The number of likely N-dealkylation sites (N-methyl/N-ethyl adjacent to an activating group) is 1. The maximum Gasteiger partial charge on any atom is 0.120 e. The van der Waals surface area contributed by atoms with E-state index in [1.165, 1.54) is 0 Å². The van der Waals surface area contributed by atoms with E-state index in [0.717, 1.165) is 42.1 Å². The largest absolute Gasteiger partial charge is 0.489 e. The maximum atomic E-state index is 6.15. The SMILES string of the molecule is CCCC(NCC)C(CC)Oc1ccc(Cl)c(C)c1. The second kappa shape index (κ2) is 8.44. The Labute approximate surface area is 122 Å². The number of aryl methyl sites for hydroxylation is 1. The summed E-state index contributed by atoms with van der Waals surface area (Å²) >= 11 is 6.05. The monoisotopic (exact) mass is 283 g/mol. The third-order valence-corrected chi connectivity index (χ3v) is 3.76. The smallest absolute Gasteiger partial charge is 0.120 e. The van der Waals surface area contributed by atoms with E-state index in [9.17, 15) is 0 Å². The summed E-state index contributed by atoms with van der Waals surface area (Å²) in [7, 11) is 0. The molecule has 0 heterocycles. The van der Waals surface area contributed by atoms with Crippen LogP contribution in [0, 0.1) is 6.92 Å². The van der Waals surface area contributed by atoms with E-state index in [4.69, 9.17) is 16.3 Å². The lowest BCUT2D eigenvalue weighted by Gasteiger charge is -2.27. The molecule has 0 aliphatic carbocycles. The van der Waals surface area contributed by atoms with Crippen molar-refractivity contribution < 1.29 is 4.74 Å². The van der Waals surface area contributed by atoms with E-state index >= 15 is 0 Å². The molecule has 1 N–H and O–H groups in total. The fourth-order valence-corrected chi connectivity index (χ4v) is 2.43. The van der Waals surface area contributed by atoms with Crippen LogP contribution in [0.4, 0.5) is 0 Å². The predicted octanol–water partition coefficient (Wildman–Crippen LogP) is 4.58. The van der Waals surface area contributed by atoms with E-state index < -0.39 is 0 Å². The topological polar surface area (TPSA) is 21.3 Å². The molecule has 19 heavy (non-hydrogen) atoms. The van der Waals surface area contributed by atoms with Crippen molar-refractivity contribution in [1.82, 2.24) is 5.32 Å². The molecule has 2 unspecified atom stereocenters. The highest BCUT2D eigenvalue weighted by molar-refractivity contribution is 6.31. The summed E-state index contributed by atoms with van der Waals surface area (Å²) in [5.74, 6) is 0.910. The minimum atomic E-state index is 0.209. The van der Waals surface area contributed by atoms with E-state index in [0.29, 0.717) is 6.04 Å². The van der Waals surface area contributed by atoms with E-state index in [-0.39, 0.29) is 6.10 Å². The summed E-state index contributed by atoms with van der Waals surface area (Å²) in [5, 5.41) is 4.32. The minimum absolute atomic E-state index is 0.209. The number of nitrogens with one attached hydrogen (secondary N) is 1. The average Bonchev–Trinajstić information content (AvgIpc) is 2.40. The molecular weight excluding hydrogens is 258 g/mol. The summed E-state index contributed by atoms with van der Waals surface area (Å²) in [4.78, 5) is 0. The first-order valence-corrected chi connectivity index (χ1v) is 7.66. The van der Waals surface area contributed by atoms with Gasteiger partial charge in [0, 0.05) is 11.1 Å². The Morgan fingerprint density at radius 2 is 2.00 bits per heavy atom. The van der Waals surface area contributed by atoms with Gasteiger partial charge < -0.3 is 10.1 Å². The lowest BCUT2D eigenvalue weighted by Crippen LogP contribution is -2.42. The molecule has 1 aromatic rings. The molecule has 2 atom stereocenters. The summed E-state index contributed by atoms with van der Waals surface area (Å²) in [5.41, 5.74) is 1.06. The van der Waals surface area contributed by atoms with Crippen LogP contribution in [0.1, 0.15) is 45.6 Å². The van der Waals surface area contributed by atoms with Crippen molar-refractivity contribution in [3.8, 4) is 5.75 Å². The van der Waals surface area contributed by atoms with Crippen LogP contribution in [0.3, 0.4) is 0 Å². The lowest BCUT2D eigenvalue weighted by atomic mass is 10.0. The minimum Gasteiger partial charge on any atom is -0.489 e. The summed E-state index contributed by atoms with van der Waals surface area (Å²) < 4.78 is 6.15. The molecule has 2 nitrogen and oxygen atoms in total. The van der Waals surface area contributed by atoms with Gasteiger partial charge in [0.2, 0.25) is 0 Å². The van der Waals surface area contributed by atoms with Crippen LogP contribution in [0.25, 0.3) is 0 Å². The summed E-state index contributed by atoms with van der Waals surface area (Å²) in [6.45, 7) is 9.51. The van der Waals surface area contributed by atoms with Crippen molar-refractivity contribution in [2.45, 2.75) is 59.1 Å². The van der Waals surface area contributed by atoms with E-state index in [1.807, 2.05) is 25.1 Å². The van der Waals surface area contributed by atoms with Gasteiger partial charge >= 0.3 is 0 Å². The molecule has 0 spiro atoms. The van der Waals surface area contributed by atoms with E-state index in [1.54, 1.807) is 0 Å². The Morgan fingerprint density at radius 3 is 2.53 bits per heavy atom. The molecule has 0 radical (unpaired) electrons. The molecule has 3 heteroatoms. The Hall–Kier alpha value is -0.730. The number of halogens is 1. The number of benzene rings is 1. The highest BCUT2D eigenvalue weighted by Crippen LogP contribution is 2.23. The Kier molecular flexibility index (Phi) is 7.25. The first-order valence-electron chi connectivity index (χ1n) is 7.28. The fraction of sp³-hybridized carbons (Fsp3) is 0.625. The molecular formula is C16H26ClNO. The van der Waals surface area contributed by atoms with Crippen molar-refractivity contribution in [3.05, 3.63) is 28.8 Å². The van der Waals surface area contributed by atoms with Crippen molar-refractivity contribution in [2.75, 3.05) is 6.54 Å². The molecule has 0 saturated carbocycles. The number of rotatable bonds is 8. The summed E-state index contributed by atoms with van der Waals surface area (Å²) in [6, 6.07) is 6.28. The van der Waals surface area contributed by atoms with Crippen LogP contribution in [-0.2, 0) is 0 Å². The van der Waals surface area contributed by atoms with Gasteiger partial charge in [0.05, 0.1) is 0 Å². The molecule has 0 saturated heterocycles. The third-order valence-electron chi connectivity index (χ3n) is 3.33. The van der Waals surface area contributed by atoms with E-state index in [2.05, 4.69) is 26.1 Å². The second-order valence-corrected chi connectivity index (χ2v) is 5.34. The average molecular weight is 284 g/mol. The molecule has 0 aromatic heterocycles. The van der Waals surface area contributed by atoms with Crippen LogP contribution in [-0.4, -0.2) is 18.7 Å². The Morgan fingerprint density at radius 1 is 1.26 bits per heavy atom. The molecule has 0 aliphatic heterocycles. The van der Waals surface area contributed by atoms with Gasteiger partial charge in [0.1, 0.15) is 11.9 Å². The molecule has 0 bridgehead atoms. The molecule has 108 valence electrons. The van der Waals surface area contributed by atoms with Crippen LogP contribution >= 0.6 is 11.6 Å². The van der Waals surface area contributed by atoms with Gasteiger partial charge in [-0.3, -0.25) is 0 Å². The van der Waals surface area contributed by atoms with Gasteiger partial charge in [-0.2, -0.15) is 0 Å². The zero-order valence-corrected chi connectivity index (χ0v) is 13.3. The first-order chi connectivity index (χ1) is 9.12. The van der Waals surface area contributed by atoms with Gasteiger partial charge in [0.15, 0.2) is 0 Å². The zero-order chi connectivity index (χ0) is 14.3. The third kappa shape index (κ3) is 5.04. The fourth-order valence-electron chi connectivity index (χ4n) is 2.31. The zero-order valence-electron chi connectivity index (χ0n) is 12.5. The number of hydrogen-bond acceptors (Lipinski definition) is 2. The van der Waals surface area contributed by atoms with Crippen molar-refractivity contribution in [1.29, 1.82) is 0 Å². The van der Waals surface area contributed by atoms with Crippen LogP contribution in [0.5, 0.6) is 5.75 Å². The van der Waals surface area contributed by atoms with Gasteiger partial charge in [-0.05, 0) is 50.1 Å². The van der Waals surface area contributed by atoms with Crippen LogP contribution < -0.4 is 10.1 Å². The quantitative estimate of drug-likeness (QED) is 0.754. The molecule has 1 aromatic carbocycles. The Balaban J connectivity index is 2.75. The van der Waals surface area contributed by atoms with Crippen LogP contribution in [0.15, 0.2) is 18.2 Å². The summed E-state index contributed by atoms with van der Waals surface area (Å²) in [6.07, 6.45) is 3.51. The molecule has 0 amide bonds. The normalized spacial score (nSPS) is 14.2. The molecule has 0 aliphatic rings. The van der Waals surface area contributed by atoms with Crippen molar-refractivity contribution in [3.63, 3.8) is 0 Å².